The zero-order valence-corrected chi connectivity index (χ0v) is 12.5. The Morgan fingerprint density at radius 3 is 2.38 bits per heavy atom. The van der Waals surface area contributed by atoms with Gasteiger partial charge in [0.1, 0.15) is 5.75 Å². The Labute approximate surface area is 124 Å². The molecule has 2 rings (SSSR count). The van der Waals surface area contributed by atoms with Gasteiger partial charge in [-0.3, -0.25) is 4.79 Å². The van der Waals surface area contributed by atoms with E-state index in [9.17, 15) is 4.79 Å². The Morgan fingerprint density at radius 1 is 1.14 bits per heavy atom. The van der Waals surface area contributed by atoms with Crippen LogP contribution in [0.15, 0.2) is 42.5 Å². The lowest BCUT2D eigenvalue weighted by atomic mass is 10.1. The molecule has 2 aromatic carbocycles. The minimum atomic E-state index is -0.193. The lowest BCUT2D eigenvalue weighted by molar-refractivity contribution is 0.102. The van der Waals surface area contributed by atoms with E-state index in [0.717, 1.165) is 11.3 Å². The topological polar surface area (TPSA) is 64.3 Å². The molecule has 0 fully saturated rings. The van der Waals surface area contributed by atoms with Gasteiger partial charge in [0.15, 0.2) is 0 Å². The van der Waals surface area contributed by atoms with Crippen LogP contribution in [0.4, 0.5) is 11.4 Å². The Balaban J connectivity index is 2.09. The fourth-order valence-corrected chi connectivity index (χ4v) is 1.95. The monoisotopic (exact) mass is 284 g/mol. The van der Waals surface area contributed by atoms with Gasteiger partial charge in [-0.15, -0.1) is 0 Å². The molecule has 4 heteroatoms. The smallest absolute Gasteiger partial charge is 0.255 e. The van der Waals surface area contributed by atoms with Gasteiger partial charge >= 0.3 is 0 Å². The number of amides is 1. The molecule has 0 bridgehead atoms. The second kappa shape index (κ2) is 6.31. The highest BCUT2D eigenvalue weighted by atomic mass is 16.5. The summed E-state index contributed by atoms with van der Waals surface area (Å²) in [5.41, 5.74) is 8.69. The van der Waals surface area contributed by atoms with E-state index in [1.165, 1.54) is 0 Å². The molecule has 4 nitrogen and oxygen atoms in total. The summed E-state index contributed by atoms with van der Waals surface area (Å²) in [7, 11) is 0. The van der Waals surface area contributed by atoms with E-state index in [-0.39, 0.29) is 12.0 Å². The molecule has 0 heterocycles. The molecule has 0 unspecified atom stereocenters. The maximum absolute atomic E-state index is 12.2. The van der Waals surface area contributed by atoms with E-state index >= 15 is 0 Å². The molecule has 21 heavy (non-hydrogen) atoms. The Kier molecular flexibility index (Phi) is 4.48. The van der Waals surface area contributed by atoms with E-state index in [1.54, 1.807) is 30.3 Å². The highest BCUT2D eigenvalue weighted by Gasteiger charge is 2.08. The number of hydrogen-bond donors (Lipinski definition) is 2. The number of carbonyl (C=O) groups excluding carboxylic acids is 1. The van der Waals surface area contributed by atoms with Crippen LogP contribution >= 0.6 is 0 Å². The molecule has 0 radical (unpaired) electrons. The van der Waals surface area contributed by atoms with Crippen molar-refractivity contribution in [3.8, 4) is 5.75 Å². The lowest BCUT2D eigenvalue weighted by Crippen LogP contribution is -2.13. The first kappa shape index (κ1) is 14.9. The van der Waals surface area contributed by atoms with Crippen LogP contribution in [0.1, 0.15) is 29.8 Å². The first-order chi connectivity index (χ1) is 9.95. The van der Waals surface area contributed by atoms with Gasteiger partial charge in [0.05, 0.1) is 17.5 Å². The summed E-state index contributed by atoms with van der Waals surface area (Å²) in [6, 6.07) is 12.6. The van der Waals surface area contributed by atoms with Gasteiger partial charge in [0, 0.05) is 5.56 Å². The highest BCUT2D eigenvalue weighted by Crippen LogP contribution is 2.21. The normalized spacial score (nSPS) is 10.5. The van der Waals surface area contributed by atoms with Crippen LogP contribution in [-0.4, -0.2) is 12.0 Å². The summed E-state index contributed by atoms with van der Waals surface area (Å²) in [5, 5.41) is 2.81. The van der Waals surface area contributed by atoms with Crippen molar-refractivity contribution in [1.82, 2.24) is 0 Å². The van der Waals surface area contributed by atoms with E-state index in [4.69, 9.17) is 10.5 Å². The van der Waals surface area contributed by atoms with Gasteiger partial charge in [-0.25, -0.2) is 0 Å². The maximum atomic E-state index is 12.2. The predicted octanol–water partition coefficient (Wildman–Crippen LogP) is 3.62. The standard InChI is InChI=1S/C17H20N2O2/c1-11(2)21-14-7-5-13(6-8-14)17(20)19-16-9-4-12(3)10-15(16)18/h4-11H,18H2,1-3H3,(H,19,20). The second-order valence-electron chi connectivity index (χ2n) is 5.24. The largest absolute Gasteiger partial charge is 0.491 e. The number of carbonyl (C=O) groups is 1. The van der Waals surface area contributed by atoms with Crippen molar-refractivity contribution in [2.24, 2.45) is 0 Å². The third-order valence-corrected chi connectivity index (χ3v) is 2.94. The van der Waals surface area contributed by atoms with Gasteiger partial charge in [-0.05, 0) is 62.7 Å². The van der Waals surface area contributed by atoms with Crippen LogP contribution in [0, 0.1) is 6.92 Å². The predicted molar refractivity (Wildman–Crippen MR) is 85.8 cm³/mol. The van der Waals surface area contributed by atoms with Crippen LogP contribution < -0.4 is 15.8 Å². The Bertz CT molecular complexity index is 634. The number of hydrogen-bond acceptors (Lipinski definition) is 3. The molecule has 0 aliphatic carbocycles. The van der Waals surface area contributed by atoms with Crippen LogP contribution in [0.3, 0.4) is 0 Å². The quantitative estimate of drug-likeness (QED) is 0.843. The fraction of sp³-hybridized carbons (Fsp3) is 0.235. The van der Waals surface area contributed by atoms with Crippen LogP contribution in [-0.2, 0) is 0 Å². The molecule has 0 saturated carbocycles. The van der Waals surface area contributed by atoms with Gasteiger partial charge in [-0.1, -0.05) is 6.07 Å². The average Bonchev–Trinajstić information content (AvgIpc) is 2.42. The van der Waals surface area contributed by atoms with Gasteiger partial charge in [0.25, 0.3) is 5.91 Å². The molecule has 0 aliphatic heterocycles. The van der Waals surface area contributed by atoms with E-state index in [0.29, 0.717) is 16.9 Å². The number of benzene rings is 2. The fourth-order valence-electron chi connectivity index (χ4n) is 1.95. The number of anilines is 2. The first-order valence-electron chi connectivity index (χ1n) is 6.90. The number of aryl methyl sites for hydroxylation is 1. The van der Waals surface area contributed by atoms with Gasteiger partial charge in [0.2, 0.25) is 0 Å². The van der Waals surface area contributed by atoms with Crippen LogP contribution in [0.25, 0.3) is 0 Å². The highest BCUT2D eigenvalue weighted by molar-refractivity contribution is 6.05. The summed E-state index contributed by atoms with van der Waals surface area (Å²) in [6.45, 7) is 5.87. The molecule has 0 aliphatic rings. The molecule has 2 aromatic rings. The summed E-state index contributed by atoms with van der Waals surface area (Å²) in [5.74, 6) is 0.554. The van der Waals surface area contributed by atoms with Crippen molar-refractivity contribution < 1.29 is 9.53 Å². The summed E-state index contributed by atoms with van der Waals surface area (Å²) in [4.78, 5) is 12.2. The van der Waals surface area contributed by atoms with Crippen LogP contribution in [0.2, 0.25) is 0 Å². The summed E-state index contributed by atoms with van der Waals surface area (Å²) in [6.07, 6.45) is 0.108. The number of ether oxygens (including phenoxy) is 1. The van der Waals surface area contributed by atoms with Crippen molar-refractivity contribution in [2.75, 3.05) is 11.1 Å². The van der Waals surface area contributed by atoms with E-state index in [2.05, 4.69) is 5.32 Å². The molecular formula is C17H20N2O2. The lowest BCUT2D eigenvalue weighted by Gasteiger charge is -2.11. The van der Waals surface area contributed by atoms with Crippen molar-refractivity contribution in [2.45, 2.75) is 26.9 Å². The zero-order chi connectivity index (χ0) is 15.4. The van der Waals surface area contributed by atoms with Crippen molar-refractivity contribution >= 4 is 17.3 Å². The minimum Gasteiger partial charge on any atom is -0.491 e. The molecule has 3 N–H and O–H groups in total. The second-order valence-corrected chi connectivity index (χ2v) is 5.24. The Morgan fingerprint density at radius 2 is 1.81 bits per heavy atom. The maximum Gasteiger partial charge on any atom is 0.255 e. The van der Waals surface area contributed by atoms with Gasteiger partial charge < -0.3 is 15.8 Å². The summed E-state index contributed by atoms with van der Waals surface area (Å²) < 4.78 is 5.55. The number of nitrogens with one attached hydrogen (secondary N) is 1. The molecular weight excluding hydrogens is 264 g/mol. The molecule has 0 saturated heterocycles. The van der Waals surface area contributed by atoms with E-state index in [1.807, 2.05) is 32.9 Å². The number of rotatable bonds is 4. The van der Waals surface area contributed by atoms with E-state index < -0.39 is 0 Å². The molecule has 0 spiro atoms. The zero-order valence-electron chi connectivity index (χ0n) is 12.5. The van der Waals surface area contributed by atoms with Crippen molar-refractivity contribution in [1.29, 1.82) is 0 Å². The number of nitrogens with two attached hydrogens (primary N) is 1. The summed E-state index contributed by atoms with van der Waals surface area (Å²) >= 11 is 0. The average molecular weight is 284 g/mol. The van der Waals surface area contributed by atoms with Crippen LogP contribution in [0.5, 0.6) is 5.75 Å². The number of nitrogen functional groups attached to an aromatic ring is 1. The first-order valence-corrected chi connectivity index (χ1v) is 6.90. The molecule has 0 atom stereocenters. The van der Waals surface area contributed by atoms with Gasteiger partial charge in [-0.2, -0.15) is 0 Å². The molecule has 0 aromatic heterocycles. The molecule has 1 amide bonds. The van der Waals surface area contributed by atoms with Crippen molar-refractivity contribution in [3.63, 3.8) is 0 Å². The Hall–Kier alpha value is -2.49. The molecule has 110 valence electrons. The van der Waals surface area contributed by atoms with Crippen molar-refractivity contribution in [3.05, 3.63) is 53.6 Å². The minimum absolute atomic E-state index is 0.108. The third-order valence-electron chi connectivity index (χ3n) is 2.94. The third kappa shape index (κ3) is 3.99. The SMILES string of the molecule is Cc1ccc(NC(=O)c2ccc(OC(C)C)cc2)c(N)c1.